The summed E-state index contributed by atoms with van der Waals surface area (Å²) < 4.78 is 7.58. The van der Waals surface area contributed by atoms with Gasteiger partial charge in [0.15, 0.2) is 0 Å². The second-order valence-corrected chi connectivity index (χ2v) is 7.09. The summed E-state index contributed by atoms with van der Waals surface area (Å²) in [5.74, 6) is 0.380. The number of aromatic nitrogens is 4. The molecule has 2 aromatic heterocycles. The third-order valence-corrected chi connectivity index (χ3v) is 5.04. The van der Waals surface area contributed by atoms with Crippen LogP contribution in [0.25, 0.3) is 0 Å². The second kappa shape index (κ2) is 7.95. The molecule has 0 spiro atoms. The van der Waals surface area contributed by atoms with Gasteiger partial charge in [-0.25, -0.2) is 9.97 Å². The van der Waals surface area contributed by atoms with E-state index in [2.05, 4.69) is 15.1 Å². The smallest absolute Gasteiger partial charge is 0.227 e. The molecule has 0 N–H and O–H groups in total. The zero-order valence-electron chi connectivity index (χ0n) is 16.0. The molecule has 1 saturated heterocycles. The van der Waals surface area contributed by atoms with Crippen LogP contribution in [0.15, 0.2) is 12.4 Å². The molecule has 1 aliphatic rings. The van der Waals surface area contributed by atoms with Gasteiger partial charge >= 0.3 is 0 Å². The van der Waals surface area contributed by atoms with Crippen molar-refractivity contribution >= 4 is 5.91 Å². The Bertz CT molecular complexity index is 786. The standard InChI is InChI=1S/C19H27N5O2/c1-13-7-17(21-12-20-13)8-16-10-24(5-6-26-11-16)19(25)9-18-14(2)22-23(4)15(18)3/h7,12,16H,5-6,8-11H2,1-4H3. The number of rotatable bonds is 4. The number of carbonyl (C=O) groups excluding carboxylic acids is 1. The summed E-state index contributed by atoms with van der Waals surface area (Å²) in [6, 6.07) is 2.00. The lowest BCUT2D eigenvalue weighted by Crippen LogP contribution is -2.37. The molecule has 7 heteroatoms. The molecule has 26 heavy (non-hydrogen) atoms. The molecule has 1 fully saturated rings. The first-order valence-corrected chi connectivity index (χ1v) is 9.06. The van der Waals surface area contributed by atoms with Crippen molar-refractivity contribution in [1.82, 2.24) is 24.6 Å². The predicted octanol–water partition coefficient (Wildman–Crippen LogP) is 1.40. The highest BCUT2D eigenvalue weighted by Crippen LogP contribution is 2.17. The number of nitrogens with zero attached hydrogens (tertiary/aromatic N) is 5. The monoisotopic (exact) mass is 357 g/mol. The summed E-state index contributed by atoms with van der Waals surface area (Å²) in [5.41, 5.74) is 4.97. The fourth-order valence-electron chi connectivity index (χ4n) is 3.48. The van der Waals surface area contributed by atoms with Crippen LogP contribution in [0.2, 0.25) is 0 Å². The Kier molecular flexibility index (Phi) is 5.66. The summed E-state index contributed by atoms with van der Waals surface area (Å²) in [6.07, 6.45) is 2.78. The molecule has 1 unspecified atom stereocenters. The van der Waals surface area contributed by atoms with Gasteiger partial charge in [-0.05, 0) is 33.3 Å². The van der Waals surface area contributed by atoms with Gasteiger partial charge in [0, 0.05) is 48.7 Å². The average molecular weight is 357 g/mol. The van der Waals surface area contributed by atoms with Gasteiger partial charge in [-0.1, -0.05) is 0 Å². The van der Waals surface area contributed by atoms with Crippen molar-refractivity contribution in [2.75, 3.05) is 26.3 Å². The number of ether oxygens (including phenoxy) is 1. The van der Waals surface area contributed by atoms with Gasteiger partial charge in [-0.15, -0.1) is 0 Å². The van der Waals surface area contributed by atoms with Crippen LogP contribution in [0.3, 0.4) is 0 Å². The molecule has 1 atom stereocenters. The molecule has 2 aromatic rings. The van der Waals surface area contributed by atoms with Gasteiger partial charge < -0.3 is 9.64 Å². The summed E-state index contributed by atoms with van der Waals surface area (Å²) in [7, 11) is 1.91. The summed E-state index contributed by atoms with van der Waals surface area (Å²) >= 11 is 0. The molecule has 0 radical (unpaired) electrons. The minimum atomic E-state index is 0.138. The summed E-state index contributed by atoms with van der Waals surface area (Å²) in [4.78, 5) is 23.3. The number of hydrogen-bond donors (Lipinski definition) is 0. The number of carbonyl (C=O) groups is 1. The largest absolute Gasteiger partial charge is 0.379 e. The third kappa shape index (κ3) is 4.27. The van der Waals surface area contributed by atoms with Crippen LogP contribution in [0, 0.1) is 26.7 Å². The van der Waals surface area contributed by atoms with E-state index >= 15 is 0 Å². The molecule has 0 aromatic carbocycles. The Hall–Kier alpha value is -2.28. The zero-order valence-corrected chi connectivity index (χ0v) is 16.0. The maximum Gasteiger partial charge on any atom is 0.227 e. The van der Waals surface area contributed by atoms with E-state index in [1.165, 1.54) is 0 Å². The first-order chi connectivity index (χ1) is 12.4. The van der Waals surface area contributed by atoms with Gasteiger partial charge in [-0.2, -0.15) is 5.10 Å². The van der Waals surface area contributed by atoms with E-state index in [0.717, 1.165) is 34.8 Å². The van der Waals surface area contributed by atoms with Crippen molar-refractivity contribution in [3.63, 3.8) is 0 Å². The van der Waals surface area contributed by atoms with E-state index < -0.39 is 0 Å². The maximum absolute atomic E-state index is 12.9. The lowest BCUT2D eigenvalue weighted by atomic mass is 10.0. The van der Waals surface area contributed by atoms with Gasteiger partial charge in [-0.3, -0.25) is 9.48 Å². The highest BCUT2D eigenvalue weighted by Gasteiger charge is 2.24. The van der Waals surface area contributed by atoms with E-state index in [0.29, 0.717) is 32.7 Å². The normalized spacial score (nSPS) is 18.0. The molecule has 1 amide bonds. The van der Waals surface area contributed by atoms with Gasteiger partial charge in [0.2, 0.25) is 5.91 Å². The molecule has 140 valence electrons. The van der Waals surface area contributed by atoms with Crippen LogP contribution in [0.4, 0.5) is 0 Å². The highest BCUT2D eigenvalue weighted by atomic mass is 16.5. The molecule has 3 heterocycles. The van der Waals surface area contributed by atoms with Crippen LogP contribution in [0.5, 0.6) is 0 Å². The molecule has 1 aliphatic heterocycles. The van der Waals surface area contributed by atoms with Gasteiger partial charge in [0.05, 0.1) is 25.3 Å². The Morgan fingerprint density at radius 2 is 2.12 bits per heavy atom. The molecule has 0 aliphatic carbocycles. The summed E-state index contributed by atoms with van der Waals surface area (Å²) in [5, 5.41) is 4.41. The summed E-state index contributed by atoms with van der Waals surface area (Å²) in [6.45, 7) is 8.49. The van der Waals surface area contributed by atoms with Crippen LogP contribution >= 0.6 is 0 Å². The fraction of sp³-hybridized carbons (Fsp3) is 0.579. The molecular formula is C19H27N5O2. The van der Waals surface area contributed by atoms with Crippen molar-refractivity contribution < 1.29 is 9.53 Å². The molecule has 0 bridgehead atoms. The number of hydrogen-bond acceptors (Lipinski definition) is 5. The van der Waals surface area contributed by atoms with Crippen molar-refractivity contribution in [2.45, 2.75) is 33.6 Å². The van der Waals surface area contributed by atoms with Crippen LogP contribution in [-0.4, -0.2) is 56.9 Å². The topological polar surface area (TPSA) is 73.1 Å². The highest BCUT2D eigenvalue weighted by molar-refractivity contribution is 5.79. The van der Waals surface area contributed by atoms with E-state index in [1.807, 2.05) is 43.5 Å². The van der Waals surface area contributed by atoms with Crippen LogP contribution < -0.4 is 0 Å². The van der Waals surface area contributed by atoms with Crippen molar-refractivity contribution in [3.8, 4) is 0 Å². The minimum absolute atomic E-state index is 0.138. The maximum atomic E-state index is 12.9. The minimum Gasteiger partial charge on any atom is -0.379 e. The van der Waals surface area contributed by atoms with Gasteiger partial charge in [0.25, 0.3) is 0 Å². The SMILES string of the molecule is Cc1cc(CC2COCCN(C(=O)Cc3c(C)nn(C)c3C)C2)ncn1. The first kappa shape index (κ1) is 18.5. The molecular weight excluding hydrogens is 330 g/mol. The van der Waals surface area contributed by atoms with E-state index in [-0.39, 0.29) is 11.8 Å². The Labute approximate surface area is 154 Å². The zero-order chi connectivity index (χ0) is 18.7. The van der Waals surface area contributed by atoms with Crippen molar-refractivity contribution in [1.29, 1.82) is 0 Å². The van der Waals surface area contributed by atoms with Gasteiger partial charge in [0.1, 0.15) is 6.33 Å². The Morgan fingerprint density at radius 1 is 1.31 bits per heavy atom. The van der Waals surface area contributed by atoms with Crippen LogP contribution in [-0.2, 0) is 29.4 Å². The third-order valence-electron chi connectivity index (χ3n) is 5.04. The van der Waals surface area contributed by atoms with E-state index in [9.17, 15) is 4.79 Å². The Balaban J connectivity index is 1.67. The van der Waals surface area contributed by atoms with E-state index in [1.54, 1.807) is 6.33 Å². The lowest BCUT2D eigenvalue weighted by Gasteiger charge is -2.23. The van der Waals surface area contributed by atoms with Crippen molar-refractivity contribution in [3.05, 3.63) is 40.7 Å². The second-order valence-electron chi connectivity index (χ2n) is 7.09. The molecule has 7 nitrogen and oxygen atoms in total. The number of aryl methyl sites for hydroxylation is 3. The molecule has 3 rings (SSSR count). The fourth-order valence-corrected chi connectivity index (χ4v) is 3.48. The predicted molar refractivity (Wildman–Crippen MR) is 97.7 cm³/mol. The molecule has 0 saturated carbocycles. The number of amides is 1. The van der Waals surface area contributed by atoms with E-state index in [4.69, 9.17) is 4.74 Å². The first-order valence-electron chi connectivity index (χ1n) is 9.06. The average Bonchev–Trinajstić information content (AvgIpc) is 2.78. The van der Waals surface area contributed by atoms with Crippen LogP contribution in [0.1, 0.15) is 28.3 Å². The Morgan fingerprint density at radius 3 is 2.81 bits per heavy atom. The quantitative estimate of drug-likeness (QED) is 0.827. The van der Waals surface area contributed by atoms with Crippen molar-refractivity contribution in [2.24, 2.45) is 13.0 Å². The lowest BCUT2D eigenvalue weighted by molar-refractivity contribution is -0.130.